The van der Waals surface area contributed by atoms with E-state index in [1.165, 1.54) is 4.90 Å². The molecule has 0 N–H and O–H groups in total. The van der Waals surface area contributed by atoms with Crippen molar-refractivity contribution in [3.05, 3.63) is 81.8 Å². The Hall–Kier alpha value is -3.63. The fourth-order valence-electron chi connectivity index (χ4n) is 5.26. The molecular formula is C32H34Cl2N4O5. The molecule has 5 rings (SSSR count). The van der Waals surface area contributed by atoms with Crippen LogP contribution in [0.1, 0.15) is 22.0 Å². The van der Waals surface area contributed by atoms with E-state index in [0.29, 0.717) is 41.8 Å². The average Bonchev–Trinajstić information content (AvgIpc) is 3.02. The summed E-state index contributed by atoms with van der Waals surface area (Å²) in [6.07, 6.45) is 0. The maximum atomic E-state index is 13.8. The Balaban J connectivity index is 1.42. The van der Waals surface area contributed by atoms with Gasteiger partial charge in [0, 0.05) is 52.4 Å². The number of nitrogens with zero attached hydrogens (tertiary/aromatic N) is 4. The second kappa shape index (κ2) is 13.3. The van der Waals surface area contributed by atoms with Crippen LogP contribution in [0.5, 0.6) is 5.75 Å². The van der Waals surface area contributed by atoms with Gasteiger partial charge < -0.3 is 19.3 Å². The topological polar surface area (TPSA) is 82.6 Å². The summed E-state index contributed by atoms with van der Waals surface area (Å²) in [4.78, 5) is 46.0. The number of hydrogen-bond acceptors (Lipinski definition) is 6. The minimum Gasteiger partial charge on any atom is -0.482 e. The maximum absolute atomic E-state index is 13.8. The van der Waals surface area contributed by atoms with Crippen LogP contribution in [-0.2, 0) is 14.3 Å². The van der Waals surface area contributed by atoms with Gasteiger partial charge in [-0.3, -0.25) is 24.2 Å². The van der Waals surface area contributed by atoms with Crippen molar-refractivity contribution in [3.8, 4) is 16.9 Å². The van der Waals surface area contributed by atoms with E-state index in [4.69, 9.17) is 32.7 Å². The van der Waals surface area contributed by atoms with Crippen molar-refractivity contribution >= 4 is 46.6 Å². The molecule has 2 aliphatic heterocycles. The third-order valence-electron chi connectivity index (χ3n) is 7.78. The summed E-state index contributed by atoms with van der Waals surface area (Å²) in [6.45, 7) is 3.00. The van der Waals surface area contributed by atoms with Gasteiger partial charge >= 0.3 is 0 Å². The molecule has 1 atom stereocenters. The first-order valence-electron chi connectivity index (χ1n) is 14.0. The Morgan fingerprint density at radius 3 is 2.33 bits per heavy atom. The number of amides is 3. The normalized spacial score (nSPS) is 15.8. The van der Waals surface area contributed by atoms with Gasteiger partial charge in [-0.2, -0.15) is 0 Å². The number of ether oxygens (including phenoxy) is 2. The fraction of sp³-hybridized carbons (Fsp3) is 0.344. The van der Waals surface area contributed by atoms with Crippen LogP contribution >= 0.6 is 23.2 Å². The van der Waals surface area contributed by atoms with Crippen molar-refractivity contribution in [2.24, 2.45) is 0 Å². The Morgan fingerprint density at radius 1 is 0.930 bits per heavy atom. The van der Waals surface area contributed by atoms with E-state index in [-0.39, 0.29) is 41.9 Å². The molecule has 1 saturated heterocycles. The SMILES string of the molecule is CN(C)C(=O)c1ccc(-c2cccc(C(CN3CCOCC3)N(C)C(=O)CN3C(=O)COc4cc(Cl)c(Cl)cc43)c2)cc1. The smallest absolute Gasteiger partial charge is 0.265 e. The number of benzene rings is 3. The molecule has 1 fully saturated rings. The molecule has 11 heteroatoms. The number of rotatable bonds is 8. The molecule has 1 unspecified atom stereocenters. The number of anilines is 1. The van der Waals surface area contributed by atoms with E-state index < -0.39 is 0 Å². The highest BCUT2D eigenvalue weighted by molar-refractivity contribution is 6.42. The van der Waals surface area contributed by atoms with Crippen LogP contribution in [-0.4, -0.2) is 99.6 Å². The first kappa shape index (κ1) is 30.8. The monoisotopic (exact) mass is 624 g/mol. The molecule has 2 heterocycles. The van der Waals surface area contributed by atoms with E-state index in [0.717, 1.165) is 29.8 Å². The van der Waals surface area contributed by atoms with Crippen molar-refractivity contribution in [1.29, 1.82) is 0 Å². The average molecular weight is 626 g/mol. The van der Waals surface area contributed by atoms with Crippen LogP contribution in [0.3, 0.4) is 0 Å². The predicted octanol–water partition coefficient (Wildman–Crippen LogP) is 4.62. The number of hydrogen-bond donors (Lipinski definition) is 0. The van der Waals surface area contributed by atoms with Gasteiger partial charge in [0.2, 0.25) is 5.91 Å². The number of fused-ring (bicyclic) bond motifs is 1. The minimum absolute atomic E-state index is 0.0576. The van der Waals surface area contributed by atoms with Crippen LogP contribution in [0.25, 0.3) is 11.1 Å². The molecule has 3 amide bonds. The zero-order chi connectivity index (χ0) is 30.7. The molecule has 0 bridgehead atoms. The molecule has 43 heavy (non-hydrogen) atoms. The number of carbonyl (C=O) groups is 3. The van der Waals surface area contributed by atoms with Crippen molar-refractivity contribution in [2.45, 2.75) is 6.04 Å². The van der Waals surface area contributed by atoms with E-state index in [9.17, 15) is 14.4 Å². The van der Waals surface area contributed by atoms with Gasteiger partial charge in [0.25, 0.3) is 11.8 Å². The lowest BCUT2D eigenvalue weighted by Crippen LogP contribution is -2.48. The molecule has 3 aromatic rings. The van der Waals surface area contributed by atoms with Crippen LogP contribution in [0, 0.1) is 0 Å². The highest BCUT2D eigenvalue weighted by Crippen LogP contribution is 2.39. The first-order valence-corrected chi connectivity index (χ1v) is 14.8. The van der Waals surface area contributed by atoms with Gasteiger partial charge in [-0.05, 0) is 41.0 Å². The summed E-state index contributed by atoms with van der Waals surface area (Å²) in [7, 11) is 5.22. The van der Waals surface area contributed by atoms with E-state index in [1.54, 1.807) is 43.1 Å². The molecule has 0 radical (unpaired) electrons. The molecule has 0 aliphatic carbocycles. The molecule has 9 nitrogen and oxygen atoms in total. The van der Waals surface area contributed by atoms with Crippen molar-refractivity contribution < 1.29 is 23.9 Å². The summed E-state index contributed by atoms with van der Waals surface area (Å²) in [6, 6.07) is 18.4. The highest BCUT2D eigenvalue weighted by atomic mass is 35.5. The molecule has 2 aliphatic rings. The minimum atomic E-state index is -0.337. The van der Waals surface area contributed by atoms with E-state index in [1.807, 2.05) is 42.5 Å². The van der Waals surface area contributed by atoms with Gasteiger partial charge in [0.1, 0.15) is 12.3 Å². The standard InChI is InChI=1S/C32H34Cl2N4O5/c1-35(2)32(41)22-9-7-21(8-10-22)23-5-4-6-24(15-23)28(18-37-11-13-42-14-12-37)36(3)30(39)19-38-27-16-25(33)26(34)17-29(27)43-20-31(38)40/h4-10,15-17,28H,11-14,18-20H2,1-3H3. The fourth-order valence-corrected chi connectivity index (χ4v) is 5.57. The van der Waals surface area contributed by atoms with Crippen LogP contribution in [0.4, 0.5) is 5.69 Å². The molecule has 0 spiro atoms. The predicted molar refractivity (Wildman–Crippen MR) is 167 cm³/mol. The molecule has 0 saturated carbocycles. The molecular weight excluding hydrogens is 591 g/mol. The van der Waals surface area contributed by atoms with Gasteiger partial charge in [-0.1, -0.05) is 53.5 Å². The lowest BCUT2D eigenvalue weighted by atomic mass is 9.97. The first-order chi connectivity index (χ1) is 20.6. The lowest BCUT2D eigenvalue weighted by molar-refractivity contribution is -0.133. The third kappa shape index (κ3) is 6.96. The van der Waals surface area contributed by atoms with Gasteiger partial charge in [0.15, 0.2) is 6.61 Å². The van der Waals surface area contributed by atoms with Crippen molar-refractivity contribution in [3.63, 3.8) is 0 Å². The number of halogens is 2. The van der Waals surface area contributed by atoms with Gasteiger partial charge in [0.05, 0.1) is 35.0 Å². The quantitative estimate of drug-likeness (QED) is 0.364. The summed E-state index contributed by atoms with van der Waals surface area (Å²) in [5.74, 6) is -0.226. The second-order valence-electron chi connectivity index (χ2n) is 10.8. The third-order valence-corrected chi connectivity index (χ3v) is 8.50. The largest absolute Gasteiger partial charge is 0.482 e. The summed E-state index contributed by atoms with van der Waals surface area (Å²) in [5.41, 5.74) is 3.91. The Bertz CT molecular complexity index is 1510. The molecule has 3 aromatic carbocycles. The number of carbonyl (C=O) groups excluding carboxylic acids is 3. The van der Waals surface area contributed by atoms with E-state index >= 15 is 0 Å². The summed E-state index contributed by atoms with van der Waals surface area (Å²) >= 11 is 12.4. The van der Waals surface area contributed by atoms with Crippen molar-refractivity contribution in [2.75, 3.05) is 72.0 Å². The summed E-state index contributed by atoms with van der Waals surface area (Å²) < 4.78 is 11.1. The van der Waals surface area contributed by atoms with Gasteiger partial charge in [-0.25, -0.2) is 0 Å². The van der Waals surface area contributed by atoms with Crippen LogP contribution in [0.15, 0.2) is 60.7 Å². The van der Waals surface area contributed by atoms with E-state index in [2.05, 4.69) is 11.0 Å². The van der Waals surface area contributed by atoms with Crippen LogP contribution in [0.2, 0.25) is 10.0 Å². The van der Waals surface area contributed by atoms with Crippen molar-refractivity contribution in [1.82, 2.24) is 14.7 Å². The zero-order valence-corrected chi connectivity index (χ0v) is 25.9. The Kier molecular flexibility index (Phi) is 9.56. The molecule has 0 aromatic heterocycles. The van der Waals surface area contributed by atoms with Gasteiger partial charge in [-0.15, -0.1) is 0 Å². The second-order valence-corrected chi connectivity index (χ2v) is 11.7. The highest BCUT2D eigenvalue weighted by Gasteiger charge is 2.32. The maximum Gasteiger partial charge on any atom is 0.265 e. The lowest BCUT2D eigenvalue weighted by Gasteiger charge is -2.37. The number of morpholine rings is 1. The molecule has 226 valence electrons. The Morgan fingerprint density at radius 2 is 1.63 bits per heavy atom. The van der Waals surface area contributed by atoms with Crippen LogP contribution < -0.4 is 9.64 Å². The number of likely N-dealkylation sites (N-methyl/N-ethyl adjacent to an activating group) is 1. The summed E-state index contributed by atoms with van der Waals surface area (Å²) in [5, 5.41) is 0.577. The Labute approximate surface area is 261 Å². The zero-order valence-electron chi connectivity index (χ0n) is 24.4.